The summed E-state index contributed by atoms with van der Waals surface area (Å²) in [6, 6.07) is 44.2. The first-order valence-electron chi connectivity index (χ1n) is 15.5. The Hall–Kier alpha value is -4.76. The van der Waals surface area contributed by atoms with Gasteiger partial charge >= 0.3 is 0 Å². The summed E-state index contributed by atoms with van der Waals surface area (Å²) in [5.41, 5.74) is 4.44. The van der Waals surface area contributed by atoms with Gasteiger partial charge in [-0.15, -0.1) is 0 Å². The van der Waals surface area contributed by atoms with Crippen molar-refractivity contribution >= 4 is 21.6 Å². The molecule has 0 saturated carbocycles. The summed E-state index contributed by atoms with van der Waals surface area (Å²) in [4.78, 5) is 15.7. The van der Waals surface area contributed by atoms with Crippen LogP contribution in [0.3, 0.4) is 0 Å². The molecule has 0 unspecified atom stereocenters. The average Bonchev–Trinajstić information content (AvgIpc) is 3.10. The normalized spacial score (nSPS) is 14.2. The van der Waals surface area contributed by atoms with E-state index in [0.29, 0.717) is 49.8 Å². The molecule has 0 spiro atoms. The van der Waals surface area contributed by atoms with Crippen LogP contribution < -0.4 is 10.1 Å². The highest BCUT2D eigenvalue weighted by molar-refractivity contribution is 7.89. The third-order valence-corrected chi connectivity index (χ3v) is 10.2. The predicted molar refractivity (Wildman–Crippen MR) is 182 cm³/mol. The number of nitrogens with one attached hydrogen (secondary N) is 1. The molecule has 1 aliphatic heterocycles. The van der Waals surface area contributed by atoms with Gasteiger partial charge in [-0.3, -0.25) is 9.69 Å². The monoisotopic (exact) mass is 631 g/mol. The highest BCUT2D eigenvalue weighted by Gasteiger charge is 2.32. The van der Waals surface area contributed by atoms with Gasteiger partial charge in [-0.05, 0) is 53.1 Å². The van der Waals surface area contributed by atoms with Crippen molar-refractivity contribution in [3.8, 4) is 5.75 Å². The Morgan fingerprint density at radius 1 is 0.674 bits per heavy atom. The first-order valence-corrected chi connectivity index (χ1v) is 16.9. The Morgan fingerprint density at radius 3 is 1.83 bits per heavy atom. The van der Waals surface area contributed by atoms with Crippen molar-refractivity contribution in [3.05, 3.63) is 162 Å². The summed E-state index contributed by atoms with van der Waals surface area (Å²) >= 11 is 0. The van der Waals surface area contributed by atoms with Crippen LogP contribution in [0.4, 0.5) is 5.69 Å². The van der Waals surface area contributed by atoms with E-state index < -0.39 is 10.0 Å². The number of anilines is 1. The molecule has 234 valence electrons. The molecule has 1 amide bonds. The van der Waals surface area contributed by atoms with Gasteiger partial charge < -0.3 is 10.1 Å². The quantitative estimate of drug-likeness (QED) is 0.177. The second kappa shape index (κ2) is 14.6. The van der Waals surface area contributed by atoms with E-state index in [9.17, 15) is 13.2 Å². The molecule has 1 heterocycles. The van der Waals surface area contributed by atoms with Crippen LogP contribution in [0.2, 0.25) is 0 Å². The van der Waals surface area contributed by atoms with Crippen LogP contribution in [0.15, 0.2) is 144 Å². The van der Waals surface area contributed by atoms with E-state index in [4.69, 9.17) is 4.74 Å². The molecule has 8 heteroatoms. The van der Waals surface area contributed by atoms with E-state index >= 15 is 0 Å². The number of carbonyl (C=O) groups excluding carboxylic acids is 1. The van der Waals surface area contributed by atoms with E-state index in [2.05, 4.69) is 34.5 Å². The van der Waals surface area contributed by atoms with E-state index in [1.54, 1.807) is 46.8 Å². The van der Waals surface area contributed by atoms with Gasteiger partial charge in [0.25, 0.3) is 5.91 Å². The molecular weight excluding hydrogens is 595 g/mol. The van der Waals surface area contributed by atoms with Crippen molar-refractivity contribution in [3.63, 3.8) is 0 Å². The maximum absolute atomic E-state index is 13.6. The maximum Gasteiger partial charge on any atom is 0.259 e. The molecule has 1 aliphatic rings. The number of para-hydroxylation sites is 1. The number of sulfonamides is 1. The Balaban J connectivity index is 1.08. The Labute approximate surface area is 271 Å². The molecule has 1 saturated heterocycles. The Kier molecular flexibility index (Phi) is 9.88. The summed E-state index contributed by atoms with van der Waals surface area (Å²) in [5, 5.41) is 2.88. The molecule has 5 aromatic carbocycles. The van der Waals surface area contributed by atoms with Gasteiger partial charge in [0.1, 0.15) is 5.75 Å². The Bertz CT molecular complexity index is 1790. The third-order valence-electron chi connectivity index (χ3n) is 8.24. The topological polar surface area (TPSA) is 79.0 Å². The smallest absolute Gasteiger partial charge is 0.259 e. The van der Waals surface area contributed by atoms with Gasteiger partial charge in [-0.1, -0.05) is 103 Å². The molecule has 5 aromatic rings. The molecule has 0 aliphatic carbocycles. The second-order valence-electron chi connectivity index (χ2n) is 11.2. The fraction of sp³-hybridized carbons (Fsp3) is 0.184. The van der Waals surface area contributed by atoms with E-state index in [1.165, 1.54) is 11.1 Å². The van der Waals surface area contributed by atoms with E-state index in [-0.39, 0.29) is 16.8 Å². The molecule has 7 nitrogen and oxygen atoms in total. The number of hydrogen-bond acceptors (Lipinski definition) is 5. The average molecular weight is 632 g/mol. The zero-order chi connectivity index (χ0) is 31.8. The molecule has 0 bridgehead atoms. The lowest BCUT2D eigenvalue weighted by Crippen LogP contribution is -2.49. The first-order chi connectivity index (χ1) is 22.5. The number of ether oxygens (including phenoxy) is 1. The fourth-order valence-electron chi connectivity index (χ4n) is 5.85. The minimum Gasteiger partial charge on any atom is -0.492 e. The van der Waals surface area contributed by atoms with Crippen molar-refractivity contribution in [2.24, 2.45) is 0 Å². The van der Waals surface area contributed by atoms with Gasteiger partial charge in [0.2, 0.25) is 10.0 Å². The minimum absolute atomic E-state index is 0.0505. The number of piperazine rings is 1. The lowest BCUT2D eigenvalue weighted by molar-refractivity contribution is 0.102. The van der Waals surface area contributed by atoms with Gasteiger partial charge in [0.15, 0.2) is 0 Å². The van der Waals surface area contributed by atoms with Crippen molar-refractivity contribution in [2.45, 2.75) is 17.4 Å². The highest BCUT2D eigenvalue weighted by Crippen LogP contribution is 2.31. The lowest BCUT2D eigenvalue weighted by Gasteiger charge is -2.39. The van der Waals surface area contributed by atoms with Crippen LogP contribution in [0.25, 0.3) is 0 Å². The van der Waals surface area contributed by atoms with Crippen LogP contribution in [-0.2, 0) is 16.4 Å². The largest absolute Gasteiger partial charge is 0.492 e. The summed E-state index contributed by atoms with van der Waals surface area (Å²) in [6.45, 7) is 2.42. The second-order valence-corrected chi connectivity index (χ2v) is 13.2. The fourth-order valence-corrected chi connectivity index (χ4v) is 7.27. The lowest BCUT2D eigenvalue weighted by atomic mass is 9.96. The van der Waals surface area contributed by atoms with Gasteiger partial charge in [0.05, 0.1) is 23.1 Å². The molecule has 1 fully saturated rings. The van der Waals surface area contributed by atoms with Crippen molar-refractivity contribution in [1.82, 2.24) is 9.21 Å². The van der Waals surface area contributed by atoms with E-state index in [1.807, 2.05) is 72.8 Å². The van der Waals surface area contributed by atoms with Crippen molar-refractivity contribution in [2.75, 3.05) is 38.1 Å². The molecule has 6 rings (SSSR count). The predicted octanol–water partition coefficient (Wildman–Crippen LogP) is 6.66. The zero-order valence-electron chi connectivity index (χ0n) is 25.5. The molecule has 0 atom stereocenters. The van der Waals surface area contributed by atoms with E-state index in [0.717, 1.165) is 12.0 Å². The molecule has 0 aromatic heterocycles. The minimum atomic E-state index is -3.70. The molecular formula is C38H37N3O4S. The van der Waals surface area contributed by atoms with Crippen LogP contribution in [0.5, 0.6) is 5.75 Å². The van der Waals surface area contributed by atoms with Crippen LogP contribution in [0, 0.1) is 0 Å². The number of nitrogens with zero attached hydrogens (tertiary/aromatic N) is 2. The van der Waals surface area contributed by atoms with Gasteiger partial charge in [-0.25, -0.2) is 8.42 Å². The van der Waals surface area contributed by atoms with Crippen LogP contribution in [-0.4, -0.2) is 56.3 Å². The standard InChI is InChI=1S/C38H37N3O4S/c42-38(35-18-10-11-19-36(35)45-29-24-30-12-4-1-5-13-30)39-33-20-22-34(23-21-33)46(43,44)41-27-25-40(26-28-41)37(31-14-6-2-7-15-31)32-16-8-3-9-17-32/h1-23,37H,24-29H2,(H,39,42). The SMILES string of the molecule is O=C(Nc1ccc(S(=O)(=O)N2CCN(C(c3ccccc3)c3ccccc3)CC2)cc1)c1ccccc1OCCc1ccccc1. The number of amides is 1. The summed E-state index contributed by atoms with van der Waals surface area (Å²) in [7, 11) is -3.70. The molecule has 0 radical (unpaired) electrons. The molecule has 46 heavy (non-hydrogen) atoms. The number of hydrogen-bond donors (Lipinski definition) is 1. The maximum atomic E-state index is 13.6. The van der Waals surface area contributed by atoms with Crippen molar-refractivity contribution < 1.29 is 17.9 Å². The number of rotatable bonds is 11. The highest BCUT2D eigenvalue weighted by atomic mass is 32.2. The van der Waals surface area contributed by atoms with Crippen LogP contribution in [0.1, 0.15) is 33.1 Å². The Morgan fingerprint density at radius 2 is 1.22 bits per heavy atom. The number of carbonyl (C=O) groups is 1. The zero-order valence-corrected chi connectivity index (χ0v) is 26.4. The first kappa shape index (κ1) is 31.2. The van der Waals surface area contributed by atoms with Gasteiger partial charge in [0, 0.05) is 38.3 Å². The summed E-state index contributed by atoms with van der Waals surface area (Å²) in [6.07, 6.45) is 0.725. The number of benzene rings is 5. The van der Waals surface area contributed by atoms with Crippen LogP contribution >= 0.6 is 0 Å². The molecule has 1 N–H and O–H groups in total. The summed E-state index contributed by atoms with van der Waals surface area (Å²) < 4.78 is 34.7. The van der Waals surface area contributed by atoms with Gasteiger partial charge in [-0.2, -0.15) is 4.31 Å². The third kappa shape index (κ3) is 7.37. The summed E-state index contributed by atoms with van der Waals surface area (Å²) in [5.74, 6) is 0.171. The van der Waals surface area contributed by atoms with Crippen molar-refractivity contribution in [1.29, 1.82) is 0 Å².